The van der Waals surface area contributed by atoms with Crippen LogP contribution in [-0.2, 0) is 13.0 Å². The minimum Gasteiger partial charge on any atom is -0.478 e. The van der Waals surface area contributed by atoms with Crippen LogP contribution in [0.5, 0.6) is 0 Å². The fourth-order valence-corrected chi connectivity index (χ4v) is 2.50. The molecule has 1 N–H and O–H groups in total. The molecular weight excluding hydrogens is 272 g/mol. The van der Waals surface area contributed by atoms with Crippen LogP contribution in [-0.4, -0.2) is 33.6 Å². The smallest absolute Gasteiger partial charge is 0.335 e. The molecule has 0 saturated carbocycles. The average Bonchev–Trinajstić information content (AvgIpc) is 2.91. The quantitative estimate of drug-likeness (QED) is 0.911. The first-order valence-electron chi connectivity index (χ1n) is 6.62. The number of carboxylic acid groups (broad SMARTS) is 1. The standard InChI is InChI=1S/C15H14N2O4/c1-9-7-16-21-13(9)14(18)17-5-4-10-2-3-11(15(19)20)6-12(10)8-17/h2-3,6-7H,4-5,8H2,1H3,(H,19,20). The van der Waals surface area contributed by atoms with Crippen molar-refractivity contribution in [1.82, 2.24) is 10.1 Å². The summed E-state index contributed by atoms with van der Waals surface area (Å²) >= 11 is 0. The van der Waals surface area contributed by atoms with Gasteiger partial charge in [-0.2, -0.15) is 0 Å². The number of aryl methyl sites for hydroxylation is 1. The lowest BCUT2D eigenvalue weighted by Crippen LogP contribution is -2.36. The minimum atomic E-state index is -0.965. The number of hydrogen-bond acceptors (Lipinski definition) is 4. The van der Waals surface area contributed by atoms with Gasteiger partial charge in [-0.05, 0) is 36.6 Å². The number of carboxylic acids is 1. The molecule has 6 nitrogen and oxygen atoms in total. The van der Waals surface area contributed by atoms with Gasteiger partial charge in [-0.1, -0.05) is 11.2 Å². The zero-order valence-corrected chi connectivity index (χ0v) is 11.5. The zero-order chi connectivity index (χ0) is 15.0. The molecule has 2 aromatic rings. The Morgan fingerprint density at radius 3 is 2.81 bits per heavy atom. The summed E-state index contributed by atoms with van der Waals surface area (Å²) in [5.41, 5.74) is 2.88. The third kappa shape index (κ3) is 2.40. The van der Waals surface area contributed by atoms with Crippen molar-refractivity contribution in [2.24, 2.45) is 0 Å². The molecule has 0 unspecified atom stereocenters. The van der Waals surface area contributed by atoms with Crippen LogP contribution in [0.1, 0.15) is 37.6 Å². The fraction of sp³-hybridized carbons (Fsp3) is 0.267. The molecule has 0 bridgehead atoms. The number of carbonyl (C=O) groups excluding carboxylic acids is 1. The highest BCUT2D eigenvalue weighted by Crippen LogP contribution is 2.22. The van der Waals surface area contributed by atoms with Crippen molar-refractivity contribution in [1.29, 1.82) is 0 Å². The Bertz CT molecular complexity index is 720. The van der Waals surface area contributed by atoms with E-state index in [4.69, 9.17) is 9.63 Å². The highest BCUT2D eigenvalue weighted by Gasteiger charge is 2.26. The molecule has 0 saturated heterocycles. The van der Waals surface area contributed by atoms with E-state index in [0.717, 1.165) is 11.1 Å². The lowest BCUT2D eigenvalue weighted by Gasteiger charge is -2.28. The highest BCUT2D eigenvalue weighted by molar-refractivity contribution is 5.93. The maximum absolute atomic E-state index is 12.4. The van der Waals surface area contributed by atoms with Gasteiger partial charge in [0.05, 0.1) is 11.8 Å². The first kappa shape index (κ1) is 13.4. The van der Waals surface area contributed by atoms with Gasteiger partial charge in [-0.15, -0.1) is 0 Å². The number of hydrogen-bond donors (Lipinski definition) is 1. The van der Waals surface area contributed by atoms with Crippen molar-refractivity contribution in [3.8, 4) is 0 Å². The Balaban J connectivity index is 1.87. The Morgan fingerprint density at radius 1 is 1.33 bits per heavy atom. The van der Waals surface area contributed by atoms with Crippen molar-refractivity contribution < 1.29 is 19.2 Å². The van der Waals surface area contributed by atoms with Crippen molar-refractivity contribution in [2.45, 2.75) is 19.9 Å². The Morgan fingerprint density at radius 2 is 2.14 bits per heavy atom. The molecule has 0 spiro atoms. The van der Waals surface area contributed by atoms with Crippen molar-refractivity contribution in [2.75, 3.05) is 6.54 Å². The van der Waals surface area contributed by atoms with Crippen molar-refractivity contribution in [3.05, 3.63) is 52.4 Å². The topological polar surface area (TPSA) is 83.6 Å². The number of fused-ring (bicyclic) bond motifs is 1. The van der Waals surface area contributed by atoms with E-state index < -0.39 is 5.97 Å². The van der Waals surface area contributed by atoms with E-state index in [1.807, 2.05) is 6.07 Å². The Kier molecular flexibility index (Phi) is 3.21. The van der Waals surface area contributed by atoms with E-state index >= 15 is 0 Å². The fourth-order valence-electron chi connectivity index (χ4n) is 2.50. The normalized spacial score (nSPS) is 13.9. The first-order chi connectivity index (χ1) is 10.1. The summed E-state index contributed by atoms with van der Waals surface area (Å²) < 4.78 is 4.99. The summed E-state index contributed by atoms with van der Waals surface area (Å²) in [6, 6.07) is 5.05. The van der Waals surface area contributed by atoms with Gasteiger partial charge in [0.2, 0.25) is 5.76 Å². The number of carbonyl (C=O) groups is 2. The van der Waals surface area contributed by atoms with Crippen LogP contribution < -0.4 is 0 Å². The molecule has 2 heterocycles. The third-order valence-electron chi connectivity index (χ3n) is 3.70. The van der Waals surface area contributed by atoms with Gasteiger partial charge in [0.1, 0.15) is 0 Å². The maximum atomic E-state index is 12.4. The van der Waals surface area contributed by atoms with Crippen molar-refractivity contribution in [3.63, 3.8) is 0 Å². The summed E-state index contributed by atoms with van der Waals surface area (Å²) in [7, 11) is 0. The number of rotatable bonds is 2. The molecule has 1 aromatic heterocycles. The third-order valence-corrected chi connectivity index (χ3v) is 3.70. The van der Waals surface area contributed by atoms with Gasteiger partial charge < -0.3 is 14.5 Å². The van der Waals surface area contributed by atoms with Gasteiger partial charge >= 0.3 is 5.97 Å². The molecule has 0 fully saturated rings. The summed E-state index contributed by atoms with van der Waals surface area (Å²) in [4.78, 5) is 25.1. The van der Waals surface area contributed by atoms with Crippen LogP contribution in [0, 0.1) is 6.92 Å². The molecule has 3 rings (SSSR count). The molecule has 1 amide bonds. The maximum Gasteiger partial charge on any atom is 0.335 e. The van der Waals surface area contributed by atoms with Gasteiger partial charge in [0, 0.05) is 18.7 Å². The first-order valence-corrected chi connectivity index (χ1v) is 6.62. The molecule has 108 valence electrons. The second-order valence-electron chi connectivity index (χ2n) is 5.10. The van der Waals surface area contributed by atoms with E-state index in [1.165, 1.54) is 6.20 Å². The average molecular weight is 286 g/mol. The lowest BCUT2D eigenvalue weighted by molar-refractivity contribution is 0.0691. The van der Waals surface area contributed by atoms with Gasteiger partial charge in [0.25, 0.3) is 5.91 Å². The molecule has 0 aliphatic carbocycles. The molecule has 6 heteroatoms. The van der Waals surface area contributed by atoms with E-state index in [9.17, 15) is 9.59 Å². The van der Waals surface area contributed by atoms with Gasteiger partial charge in [-0.25, -0.2) is 4.79 Å². The highest BCUT2D eigenvalue weighted by atomic mass is 16.5. The summed E-state index contributed by atoms with van der Waals surface area (Å²) in [6.07, 6.45) is 2.21. The second-order valence-corrected chi connectivity index (χ2v) is 5.10. The van der Waals surface area contributed by atoms with Crippen molar-refractivity contribution >= 4 is 11.9 Å². The Hall–Kier alpha value is -2.63. The minimum absolute atomic E-state index is 0.212. The molecule has 0 radical (unpaired) electrons. The van der Waals surface area contributed by atoms with Crippen LogP contribution in [0.4, 0.5) is 0 Å². The van der Waals surface area contributed by atoms with Crippen LogP contribution in [0.3, 0.4) is 0 Å². The monoisotopic (exact) mass is 286 g/mol. The number of aromatic nitrogens is 1. The SMILES string of the molecule is Cc1cnoc1C(=O)N1CCc2ccc(C(=O)O)cc2C1. The summed E-state index contributed by atoms with van der Waals surface area (Å²) in [6.45, 7) is 2.73. The van der Waals surface area contributed by atoms with Gasteiger partial charge in [0.15, 0.2) is 0 Å². The largest absolute Gasteiger partial charge is 0.478 e. The van der Waals surface area contributed by atoms with E-state index in [-0.39, 0.29) is 17.2 Å². The van der Waals surface area contributed by atoms with Crippen LogP contribution in [0.15, 0.2) is 28.9 Å². The molecule has 21 heavy (non-hydrogen) atoms. The molecular formula is C15H14N2O4. The predicted molar refractivity (Wildman–Crippen MR) is 73.1 cm³/mol. The second kappa shape index (κ2) is 5.05. The van der Waals surface area contributed by atoms with E-state index in [0.29, 0.717) is 25.1 Å². The summed E-state index contributed by atoms with van der Waals surface area (Å²) in [5.74, 6) is -0.934. The van der Waals surface area contributed by atoms with E-state index in [2.05, 4.69) is 5.16 Å². The lowest BCUT2D eigenvalue weighted by atomic mass is 9.97. The molecule has 0 atom stereocenters. The van der Waals surface area contributed by atoms with Crippen LogP contribution in [0.25, 0.3) is 0 Å². The summed E-state index contributed by atoms with van der Waals surface area (Å²) in [5, 5.41) is 12.7. The number of benzene rings is 1. The van der Waals surface area contributed by atoms with Gasteiger partial charge in [-0.3, -0.25) is 4.79 Å². The number of amides is 1. The van der Waals surface area contributed by atoms with Crippen LogP contribution >= 0.6 is 0 Å². The van der Waals surface area contributed by atoms with E-state index in [1.54, 1.807) is 24.0 Å². The Labute approximate surface area is 121 Å². The molecule has 1 aliphatic heterocycles. The van der Waals surface area contributed by atoms with Crippen LogP contribution in [0.2, 0.25) is 0 Å². The number of nitrogens with zero attached hydrogens (tertiary/aromatic N) is 2. The molecule has 1 aliphatic rings. The predicted octanol–water partition coefficient (Wildman–Crippen LogP) is 1.88. The number of aromatic carboxylic acids is 1. The zero-order valence-electron chi connectivity index (χ0n) is 11.5. The molecule has 1 aromatic carbocycles.